The van der Waals surface area contributed by atoms with Crippen LogP contribution in [0.15, 0.2) is 0 Å². The van der Waals surface area contributed by atoms with Crippen molar-refractivity contribution in [1.82, 2.24) is 9.80 Å². The second-order valence-corrected chi connectivity index (χ2v) is 6.16. The molecule has 0 saturated carbocycles. The predicted molar refractivity (Wildman–Crippen MR) is 75.1 cm³/mol. The molecule has 1 fully saturated rings. The van der Waals surface area contributed by atoms with Crippen LogP contribution in [0, 0.1) is 5.92 Å². The molecule has 0 amide bonds. The topological polar surface area (TPSA) is 52.7 Å². The van der Waals surface area contributed by atoms with Crippen LogP contribution < -0.4 is 5.73 Å². The van der Waals surface area contributed by atoms with Crippen molar-refractivity contribution in [2.24, 2.45) is 11.7 Å². The average molecular weight is 259 g/mol. The van der Waals surface area contributed by atoms with Crippen LogP contribution in [-0.2, 0) is 0 Å². The molecule has 1 aliphatic heterocycles. The zero-order valence-electron chi connectivity index (χ0n) is 11.1. The fraction of sp³-hybridized carbons (Fsp3) is 0.917. The summed E-state index contributed by atoms with van der Waals surface area (Å²) in [4.78, 5) is 5.30. The summed E-state index contributed by atoms with van der Waals surface area (Å²) in [6.07, 6.45) is 0. The number of nitrogens with zero attached hydrogens (tertiary/aromatic N) is 2. The Hall–Kier alpha value is -0.230. The van der Waals surface area contributed by atoms with Crippen LogP contribution in [0.5, 0.6) is 0 Å². The zero-order chi connectivity index (χ0) is 13.1. The molecule has 5 heteroatoms. The second-order valence-electron chi connectivity index (χ2n) is 5.69. The van der Waals surface area contributed by atoms with Crippen molar-refractivity contribution in [3.05, 3.63) is 0 Å². The lowest BCUT2D eigenvalue weighted by Crippen LogP contribution is -2.51. The maximum atomic E-state index is 9.77. The van der Waals surface area contributed by atoms with E-state index in [2.05, 4.69) is 16.7 Å². The molecule has 3 N–H and O–H groups in total. The van der Waals surface area contributed by atoms with Crippen molar-refractivity contribution in [2.45, 2.75) is 26.4 Å². The van der Waals surface area contributed by atoms with E-state index < -0.39 is 5.60 Å². The van der Waals surface area contributed by atoms with Gasteiger partial charge in [0.2, 0.25) is 0 Å². The molecule has 0 radical (unpaired) electrons. The minimum absolute atomic E-state index is 0.283. The van der Waals surface area contributed by atoms with Gasteiger partial charge in [0.05, 0.1) is 10.6 Å². The van der Waals surface area contributed by atoms with Gasteiger partial charge in [-0.3, -0.25) is 4.90 Å². The number of rotatable bonds is 5. The second kappa shape index (κ2) is 6.09. The van der Waals surface area contributed by atoms with Gasteiger partial charge in [-0.15, -0.1) is 0 Å². The maximum absolute atomic E-state index is 9.77. The molecule has 1 saturated heterocycles. The Morgan fingerprint density at radius 1 is 1.29 bits per heavy atom. The van der Waals surface area contributed by atoms with E-state index in [1.807, 2.05) is 13.8 Å². The molecule has 0 spiro atoms. The number of β-amino-alcohol motifs (C(OH)–C–C–N with tert-alkyl or cyclic N) is 1. The molecular weight excluding hydrogens is 234 g/mol. The average Bonchev–Trinajstić information content (AvgIpc) is 2.18. The minimum atomic E-state index is -0.603. The fourth-order valence-corrected chi connectivity index (χ4v) is 2.23. The van der Waals surface area contributed by atoms with Crippen molar-refractivity contribution in [1.29, 1.82) is 0 Å². The van der Waals surface area contributed by atoms with Crippen molar-refractivity contribution in [2.75, 3.05) is 39.3 Å². The number of hydrogen-bond donors (Lipinski definition) is 2. The van der Waals surface area contributed by atoms with Crippen LogP contribution in [-0.4, -0.2) is 64.8 Å². The molecule has 1 unspecified atom stereocenters. The van der Waals surface area contributed by atoms with E-state index in [0.717, 1.165) is 39.3 Å². The van der Waals surface area contributed by atoms with Gasteiger partial charge in [-0.1, -0.05) is 19.1 Å². The summed E-state index contributed by atoms with van der Waals surface area (Å²) >= 11 is 4.99. The first kappa shape index (κ1) is 14.8. The summed E-state index contributed by atoms with van der Waals surface area (Å²) in [6, 6.07) is 0. The van der Waals surface area contributed by atoms with Crippen molar-refractivity contribution >= 4 is 17.2 Å². The SMILES string of the molecule is CC(CN1CCN(CC(C)(C)O)CC1)C(N)=S. The normalized spacial score (nSPS) is 21.4. The molecule has 0 aliphatic carbocycles. The van der Waals surface area contributed by atoms with Gasteiger partial charge in [0, 0.05) is 45.2 Å². The minimum Gasteiger partial charge on any atom is -0.393 e. The lowest BCUT2D eigenvalue weighted by Gasteiger charge is -2.38. The van der Waals surface area contributed by atoms with Gasteiger partial charge >= 0.3 is 0 Å². The number of piperazine rings is 1. The van der Waals surface area contributed by atoms with Crippen molar-refractivity contribution < 1.29 is 5.11 Å². The van der Waals surface area contributed by atoms with Crippen LogP contribution in [0.2, 0.25) is 0 Å². The molecule has 1 rings (SSSR count). The van der Waals surface area contributed by atoms with Gasteiger partial charge in [-0.2, -0.15) is 0 Å². The number of aliphatic hydroxyl groups is 1. The highest BCUT2D eigenvalue weighted by molar-refractivity contribution is 7.80. The Bertz CT molecular complexity index is 257. The molecular formula is C12H25N3OS. The van der Waals surface area contributed by atoms with E-state index in [-0.39, 0.29) is 5.92 Å². The largest absolute Gasteiger partial charge is 0.393 e. The van der Waals surface area contributed by atoms with Gasteiger partial charge in [-0.25, -0.2) is 0 Å². The van der Waals surface area contributed by atoms with Gasteiger partial charge in [0.25, 0.3) is 0 Å². The van der Waals surface area contributed by atoms with Gasteiger partial charge < -0.3 is 15.7 Å². The molecule has 4 nitrogen and oxygen atoms in total. The third kappa shape index (κ3) is 5.77. The summed E-state index contributed by atoms with van der Waals surface area (Å²) < 4.78 is 0. The smallest absolute Gasteiger partial charge is 0.0768 e. The summed E-state index contributed by atoms with van der Waals surface area (Å²) in [5.74, 6) is 0.283. The molecule has 0 bridgehead atoms. The van der Waals surface area contributed by atoms with E-state index in [0.29, 0.717) is 4.99 Å². The Morgan fingerprint density at radius 3 is 2.18 bits per heavy atom. The molecule has 1 atom stereocenters. The van der Waals surface area contributed by atoms with Crippen LogP contribution in [0.25, 0.3) is 0 Å². The first-order valence-corrected chi connectivity index (χ1v) is 6.65. The molecule has 1 heterocycles. The van der Waals surface area contributed by atoms with Crippen molar-refractivity contribution in [3.63, 3.8) is 0 Å². The van der Waals surface area contributed by atoms with Crippen LogP contribution in [0.1, 0.15) is 20.8 Å². The Balaban J connectivity index is 2.29. The molecule has 100 valence electrons. The summed E-state index contributed by atoms with van der Waals surface area (Å²) in [5, 5.41) is 9.77. The third-order valence-corrected chi connectivity index (χ3v) is 3.50. The highest BCUT2D eigenvalue weighted by atomic mass is 32.1. The monoisotopic (exact) mass is 259 g/mol. The summed E-state index contributed by atoms with van der Waals surface area (Å²) in [6.45, 7) is 11.6. The van der Waals surface area contributed by atoms with Gasteiger partial charge in [-0.05, 0) is 13.8 Å². The first-order chi connectivity index (χ1) is 7.78. The standard InChI is InChI=1S/C12H25N3OS/c1-10(11(13)17)8-14-4-6-15(7-5-14)9-12(2,3)16/h10,16H,4-9H2,1-3H3,(H2,13,17). The van der Waals surface area contributed by atoms with Crippen molar-refractivity contribution in [3.8, 4) is 0 Å². The third-order valence-electron chi connectivity index (χ3n) is 3.09. The Labute approximate surface area is 110 Å². The summed E-state index contributed by atoms with van der Waals surface area (Å²) in [5.41, 5.74) is 5.02. The number of thiocarbonyl (C=S) groups is 1. The summed E-state index contributed by atoms with van der Waals surface area (Å²) in [7, 11) is 0. The van der Waals surface area contributed by atoms with Gasteiger partial charge in [0.1, 0.15) is 0 Å². The van der Waals surface area contributed by atoms with E-state index >= 15 is 0 Å². The fourth-order valence-electron chi connectivity index (χ4n) is 2.15. The lowest BCUT2D eigenvalue weighted by atomic mass is 10.1. The lowest BCUT2D eigenvalue weighted by molar-refractivity contribution is 0.0170. The quantitative estimate of drug-likeness (QED) is 0.696. The maximum Gasteiger partial charge on any atom is 0.0768 e. The predicted octanol–water partition coefficient (Wildman–Crippen LogP) is 0.297. The Kier molecular flexibility index (Phi) is 5.31. The first-order valence-electron chi connectivity index (χ1n) is 6.24. The van der Waals surface area contributed by atoms with E-state index in [4.69, 9.17) is 18.0 Å². The van der Waals surface area contributed by atoms with E-state index in [1.54, 1.807) is 0 Å². The van der Waals surface area contributed by atoms with Crippen LogP contribution >= 0.6 is 12.2 Å². The molecule has 0 aromatic carbocycles. The number of nitrogens with two attached hydrogens (primary N) is 1. The number of hydrogen-bond acceptors (Lipinski definition) is 4. The van der Waals surface area contributed by atoms with E-state index in [9.17, 15) is 5.11 Å². The van der Waals surface area contributed by atoms with Gasteiger partial charge in [0.15, 0.2) is 0 Å². The highest BCUT2D eigenvalue weighted by Gasteiger charge is 2.23. The van der Waals surface area contributed by atoms with Crippen LogP contribution in [0.4, 0.5) is 0 Å². The highest BCUT2D eigenvalue weighted by Crippen LogP contribution is 2.10. The van der Waals surface area contributed by atoms with Crippen LogP contribution in [0.3, 0.4) is 0 Å². The zero-order valence-corrected chi connectivity index (χ0v) is 12.0. The molecule has 17 heavy (non-hydrogen) atoms. The molecule has 0 aromatic heterocycles. The van der Waals surface area contributed by atoms with E-state index in [1.165, 1.54) is 0 Å². The molecule has 1 aliphatic rings. The molecule has 0 aromatic rings. The Morgan fingerprint density at radius 2 is 1.76 bits per heavy atom.